The molecule has 3 N–H and O–H groups in total. The molecule has 0 aliphatic heterocycles. The van der Waals surface area contributed by atoms with Gasteiger partial charge < -0.3 is 5.73 Å². The molecule has 9 heteroatoms. The summed E-state index contributed by atoms with van der Waals surface area (Å²) in [5.74, 6) is 0.621. The van der Waals surface area contributed by atoms with Crippen LogP contribution >= 0.6 is 11.8 Å². The van der Waals surface area contributed by atoms with Crippen molar-refractivity contribution in [3.63, 3.8) is 0 Å². The molecular weight excluding hydrogens is 278 g/mol. The third-order valence-electron chi connectivity index (χ3n) is 2.11. The van der Waals surface area contributed by atoms with E-state index in [4.69, 9.17) is 5.73 Å². The van der Waals surface area contributed by atoms with Crippen LogP contribution in [0.1, 0.15) is 0 Å². The highest BCUT2D eigenvalue weighted by atomic mass is 32.2. The third-order valence-corrected chi connectivity index (χ3v) is 4.18. The van der Waals surface area contributed by atoms with Crippen LogP contribution in [0, 0.1) is 10.1 Å². The molecule has 0 aliphatic rings. The third kappa shape index (κ3) is 3.59. The minimum atomic E-state index is -3.73. The van der Waals surface area contributed by atoms with E-state index in [9.17, 15) is 18.5 Å². The average molecular weight is 291 g/mol. The van der Waals surface area contributed by atoms with Gasteiger partial charge in [-0.25, -0.2) is 13.1 Å². The summed E-state index contributed by atoms with van der Waals surface area (Å²) in [5, 5.41) is 10.7. The Morgan fingerprint density at radius 2 is 2.17 bits per heavy atom. The SMILES string of the molecule is CSCCNS(=O)(=O)c1ccc(N)c([N+](=O)[O-])c1. The van der Waals surface area contributed by atoms with Gasteiger partial charge in [-0.2, -0.15) is 11.8 Å². The zero-order chi connectivity index (χ0) is 13.8. The largest absolute Gasteiger partial charge is 0.393 e. The first-order valence-corrected chi connectivity index (χ1v) is 7.78. The minimum Gasteiger partial charge on any atom is -0.393 e. The molecular formula is C9H13N3O4S2. The molecule has 0 saturated heterocycles. The van der Waals surface area contributed by atoms with E-state index < -0.39 is 20.6 Å². The Morgan fingerprint density at radius 3 is 2.72 bits per heavy atom. The van der Waals surface area contributed by atoms with E-state index in [1.807, 2.05) is 6.26 Å². The van der Waals surface area contributed by atoms with E-state index >= 15 is 0 Å². The number of nitro groups is 1. The Labute approximate surface area is 109 Å². The Bertz CT molecular complexity index is 545. The molecule has 0 spiro atoms. The van der Waals surface area contributed by atoms with Gasteiger partial charge in [0.05, 0.1) is 9.82 Å². The van der Waals surface area contributed by atoms with Crippen molar-refractivity contribution in [2.75, 3.05) is 24.3 Å². The monoisotopic (exact) mass is 291 g/mol. The van der Waals surface area contributed by atoms with Crippen LogP contribution in [0.4, 0.5) is 11.4 Å². The van der Waals surface area contributed by atoms with E-state index in [1.165, 1.54) is 23.9 Å². The Balaban J connectivity index is 3.02. The fourth-order valence-electron chi connectivity index (χ4n) is 1.21. The van der Waals surface area contributed by atoms with Gasteiger partial charge in [0.15, 0.2) is 0 Å². The fourth-order valence-corrected chi connectivity index (χ4v) is 2.70. The van der Waals surface area contributed by atoms with Crippen LogP contribution in [0.5, 0.6) is 0 Å². The summed E-state index contributed by atoms with van der Waals surface area (Å²) in [6.45, 7) is 0.266. The standard InChI is InChI=1S/C9H13N3O4S2/c1-17-5-4-11-18(15,16)7-2-3-8(10)9(6-7)12(13)14/h2-3,6,11H,4-5,10H2,1H3. The molecule has 18 heavy (non-hydrogen) atoms. The zero-order valence-corrected chi connectivity index (χ0v) is 11.3. The minimum absolute atomic E-state index is 0.0666. The molecule has 0 bridgehead atoms. The van der Waals surface area contributed by atoms with Crippen LogP contribution in [0.2, 0.25) is 0 Å². The molecule has 0 atom stereocenters. The molecule has 1 rings (SSSR count). The van der Waals surface area contributed by atoms with Crippen molar-refractivity contribution in [2.24, 2.45) is 0 Å². The van der Waals surface area contributed by atoms with Gasteiger partial charge in [0.25, 0.3) is 5.69 Å². The Hall–Kier alpha value is -1.32. The molecule has 1 aromatic carbocycles. The molecule has 0 aromatic heterocycles. The van der Waals surface area contributed by atoms with Crippen LogP contribution < -0.4 is 10.5 Å². The highest BCUT2D eigenvalue weighted by Gasteiger charge is 2.19. The van der Waals surface area contributed by atoms with Gasteiger partial charge in [-0.1, -0.05) is 0 Å². The normalized spacial score (nSPS) is 11.4. The van der Waals surface area contributed by atoms with Crippen molar-refractivity contribution < 1.29 is 13.3 Å². The summed E-state index contributed by atoms with van der Waals surface area (Å²) in [5.41, 5.74) is 4.91. The van der Waals surface area contributed by atoms with Crippen molar-refractivity contribution in [2.45, 2.75) is 4.90 Å². The Morgan fingerprint density at radius 1 is 1.50 bits per heavy atom. The second-order valence-electron chi connectivity index (χ2n) is 3.37. The number of nitro benzene ring substituents is 1. The summed E-state index contributed by atoms with van der Waals surface area (Å²) in [7, 11) is -3.73. The maximum absolute atomic E-state index is 11.8. The summed E-state index contributed by atoms with van der Waals surface area (Å²) in [6.07, 6.45) is 1.85. The molecule has 0 radical (unpaired) electrons. The number of anilines is 1. The predicted octanol–water partition coefficient (Wildman–Crippen LogP) is 0.818. The molecule has 0 aliphatic carbocycles. The lowest BCUT2D eigenvalue weighted by molar-refractivity contribution is -0.384. The van der Waals surface area contributed by atoms with Crippen molar-refractivity contribution in [3.8, 4) is 0 Å². The van der Waals surface area contributed by atoms with Crippen LogP contribution in [0.15, 0.2) is 23.1 Å². The topological polar surface area (TPSA) is 115 Å². The maximum Gasteiger partial charge on any atom is 0.293 e. The number of nitrogens with zero attached hydrogens (tertiary/aromatic N) is 1. The van der Waals surface area contributed by atoms with Gasteiger partial charge in [-0.15, -0.1) is 0 Å². The smallest absolute Gasteiger partial charge is 0.293 e. The molecule has 0 heterocycles. The highest BCUT2D eigenvalue weighted by Crippen LogP contribution is 2.24. The second-order valence-corrected chi connectivity index (χ2v) is 6.12. The van der Waals surface area contributed by atoms with Gasteiger partial charge in [0, 0.05) is 18.4 Å². The predicted molar refractivity (Wildman–Crippen MR) is 71.1 cm³/mol. The van der Waals surface area contributed by atoms with Gasteiger partial charge in [0.2, 0.25) is 10.0 Å². The van der Waals surface area contributed by atoms with E-state index in [0.717, 1.165) is 6.07 Å². The lowest BCUT2D eigenvalue weighted by Gasteiger charge is -2.06. The van der Waals surface area contributed by atoms with Gasteiger partial charge in [0.1, 0.15) is 5.69 Å². The van der Waals surface area contributed by atoms with Crippen LogP contribution in [-0.2, 0) is 10.0 Å². The second kappa shape index (κ2) is 6.03. The first kappa shape index (κ1) is 14.7. The molecule has 0 amide bonds. The first-order valence-electron chi connectivity index (χ1n) is 4.91. The van der Waals surface area contributed by atoms with E-state index in [2.05, 4.69) is 4.72 Å². The molecule has 100 valence electrons. The highest BCUT2D eigenvalue weighted by molar-refractivity contribution is 7.98. The Kier molecular flexibility index (Phi) is 4.93. The summed E-state index contributed by atoms with van der Waals surface area (Å²) in [6, 6.07) is 3.40. The van der Waals surface area contributed by atoms with Crippen molar-refractivity contribution in [3.05, 3.63) is 28.3 Å². The number of nitrogens with one attached hydrogen (secondary N) is 1. The first-order chi connectivity index (χ1) is 8.38. The van der Waals surface area contributed by atoms with Crippen LogP contribution in [-0.4, -0.2) is 31.9 Å². The van der Waals surface area contributed by atoms with Gasteiger partial charge in [-0.3, -0.25) is 10.1 Å². The lowest BCUT2D eigenvalue weighted by Crippen LogP contribution is -2.26. The van der Waals surface area contributed by atoms with Crippen LogP contribution in [0.25, 0.3) is 0 Å². The lowest BCUT2D eigenvalue weighted by atomic mass is 10.3. The maximum atomic E-state index is 11.8. The number of nitrogen functional groups attached to an aromatic ring is 1. The number of rotatable bonds is 6. The summed E-state index contributed by atoms with van der Waals surface area (Å²) < 4.78 is 26.0. The molecule has 1 aromatic rings. The summed E-state index contributed by atoms with van der Waals surface area (Å²) in [4.78, 5) is 9.79. The van der Waals surface area contributed by atoms with E-state index in [1.54, 1.807) is 0 Å². The van der Waals surface area contributed by atoms with Crippen molar-refractivity contribution in [1.29, 1.82) is 0 Å². The molecule has 0 unspecified atom stereocenters. The quantitative estimate of drug-likeness (QED) is 0.347. The van der Waals surface area contributed by atoms with Crippen LogP contribution in [0.3, 0.4) is 0 Å². The van der Waals surface area contributed by atoms with E-state index in [-0.39, 0.29) is 17.1 Å². The average Bonchev–Trinajstić information content (AvgIpc) is 2.29. The number of hydrogen-bond donors (Lipinski definition) is 2. The zero-order valence-electron chi connectivity index (χ0n) is 9.62. The van der Waals surface area contributed by atoms with E-state index in [0.29, 0.717) is 5.75 Å². The number of thioether (sulfide) groups is 1. The molecule has 7 nitrogen and oxygen atoms in total. The van der Waals surface area contributed by atoms with Gasteiger partial charge in [-0.05, 0) is 18.4 Å². The number of benzene rings is 1. The molecule has 0 fully saturated rings. The van der Waals surface area contributed by atoms with Crippen molar-refractivity contribution in [1.82, 2.24) is 4.72 Å². The van der Waals surface area contributed by atoms with Crippen molar-refractivity contribution >= 4 is 33.2 Å². The fraction of sp³-hybridized carbons (Fsp3) is 0.333. The number of nitrogens with two attached hydrogens (primary N) is 1. The number of hydrogen-bond acceptors (Lipinski definition) is 6. The summed E-state index contributed by atoms with van der Waals surface area (Å²) >= 11 is 1.49. The van der Waals surface area contributed by atoms with Gasteiger partial charge >= 0.3 is 0 Å². The molecule has 0 saturated carbocycles. The number of sulfonamides is 1.